The first-order chi connectivity index (χ1) is 31.3. The van der Waals surface area contributed by atoms with Crippen molar-refractivity contribution in [1.82, 2.24) is 34.1 Å². The molecule has 2 aromatic carbocycles. The van der Waals surface area contributed by atoms with E-state index in [0.717, 1.165) is 30.5 Å². The van der Waals surface area contributed by atoms with Gasteiger partial charge in [0.15, 0.2) is 17.2 Å². The fraction of sp³-hybridized carbons (Fsp3) is 0.415. The van der Waals surface area contributed by atoms with Crippen LogP contribution in [-0.4, -0.2) is 86.4 Å². The lowest BCUT2D eigenvalue weighted by Gasteiger charge is -2.36. The highest BCUT2D eigenvalue weighted by atomic mass is 35.5. The number of carbonyl (C=O) groups is 1. The lowest BCUT2D eigenvalue weighted by atomic mass is 9.89. The molecule has 6 aromatic rings. The summed E-state index contributed by atoms with van der Waals surface area (Å²) in [6.07, 6.45) is -9.64. The maximum Gasteiger partial charge on any atom is 0.435 e. The van der Waals surface area contributed by atoms with Gasteiger partial charge in [-0.25, -0.2) is 40.6 Å². The molecule has 67 heavy (non-hydrogen) atoms. The molecule has 1 amide bonds. The summed E-state index contributed by atoms with van der Waals surface area (Å²) >= 11 is 6.58. The van der Waals surface area contributed by atoms with Crippen LogP contribution in [-0.2, 0) is 44.6 Å². The summed E-state index contributed by atoms with van der Waals surface area (Å²) < 4.78 is 170. The number of morpholine rings is 1. The first-order valence-electron chi connectivity index (χ1n) is 20.4. The van der Waals surface area contributed by atoms with Crippen molar-refractivity contribution in [3.63, 3.8) is 0 Å². The number of amides is 1. The number of nitrogens with two attached hydrogens (primary N) is 1. The van der Waals surface area contributed by atoms with Crippen LogP contribution in [0, 0.1) is 17.6 Å². The molecule has 1 saturated heterocycles. The predicted molar refractivity (Wildman–Crippen MR) is 223 cm³/mol. The minimum absolute atomic E-state index is 0.126. The topological polar surface area (TPSA) is 185 Å². The number of ether oxygens (including phenoxy) is 1. The molecule has 9 rings (SSSR count). The van der Waals surface area contributed by atoms with Crippen LogP contribution >= 0.6 is 11.6 Å². The smallest absolute Gasteiger partial charge is 0.372 e. The summed E-state index contributed by atoms with van der Waals surface area (Å²) in [4.78, 5) is 40.5. The van der Waals surface area contributed by atoms with Crippen LogP contribution in [0.3, 0.4) is 0 Å². The number of rotatable bonds is 12. The Hall–Kier alpha value is -5.95. The summed E-state index contributed by atoms with van der Waals surface area (Å²) in [6, 6.07) is 4.54. The molecule has 4 aromatic heterocycles. The Morgan fingerprint density at radius 1 is 1.03 bits per heavy atom. The van der Waals surface area contributed by atoms with E-state index in [4.69, 9.17) is 27.1 Å². The first-order valence-corrected chi connectivity index (χ1v) is 22.7. The van der Waals surface area contributed by atoms with E-state index in [0.29, 0.717) is 28.4 Å². The van der Waals surface area contributed by atoms with Gasteiger partial charge in [-0.15, -0.1) is 0 Å². The molecule has 0 radical (unpaired) electrons. The van der Waals surface area contributed by atoms with Crippen molar-refractivity contribution in [2.45, 2.75) is 81.8 Å². The van der Waals surface area contributed by atoms with E-state index in [-0.39, 0.29) is 50.5 Å². The number of nitrogens with zero attached hydrogens (tertiary/aromatic N) is 8. The standard InChI is InChI=1S/C41H36ClF9N10O5S/c1-16-13-58(14-17(2)66-16)28-7-4-21-36(53-28)54-38(60(39(21)63)26-6-5-25(42)30-32(26)59(15-27(45)46)56-37(30)57-67(3,64)65)23(10-18-8-19(43)11-20(44)9-18)31(35(52)62)61-34-29(33(55-61)41(49,50)51)22-12-24(22)40(34,47)48/h4-9,11,16-17,22-24,27,31H,10,12-15H2,1-3H3,(H2,52,62)(H,56,57)/t16-,17+,22-,23-,24+,31?/m0/s1. The second-order valence-corrected chi connectivity index (χ2v) is 19.1. The normalized spacial score (nSPS) is 21.2. The summed E-state index contributed by atoms with van der Waals surface area (Å²) in [6.45, 7) is 2.94. The second-order valence-electron chi connectivity index (χ2n) is 17.0. The number of hydrogen-bond acceptors (Lipinski definition) is 10. The van der Waals surface area contributed by atoms with Crippen molar-refractivity contribution >= 4 is 61.1 Å². The number of nitrogens with one attached hydrogen (secondary N) is 1. The highest BCUT2D eigenvalue weighted by Gasteiger charge is 2.69. The van der Waals surface area contributed by atoms with Gasteiger partial charge >= 0.3 is 6.18 Å². The van der Waals surface area contributed by atoms with E-state index in [9.17, 15) is 35.2 Å². The number of alkyl halides is 7. The Kier molecular flexibility index (Phi) is 11.1. The third-order valence-electron chi connectivity index (χ3n) is 11.9. The number of primary amides is 1. The minimum Gasteiger partial charge on any atom is -0.372 e. The molecule has 3 aliphatic rings. The SMILES string of the molecule is C[C@@H]1CN(c2ccc3c(=O)n(-c4ccc(Cl)c5c(NS(C)(=O)=O)nn(CC(F)F)c45)c([C@@H](Cc4cc(F)cc(F)c4)C(C(N)=O)n4nc(C(F)(F)F)c5c4C(F)(F)[C@@H]4C[C@H]54)nc3n2)C[C@H](C)O1. The van der Waals surface area contributed by atoms with Crippen LogP contribution in [0.2, 0.25) is 5.02 Å². The van der Waals surface area contributed by atoms with Gasteiger partial charge in [-0.1, -0.05) is 11.6 Å². The number of carbonyl (C=O) groups excluding carboxylic acids is 1. The lowest BCUT2D eigenvalue weighted by molar-refractivity contribution is -0.142. The van der Waals surface area contributed by atoms with Crippen molar-refractivity contribution in [2.24, 2.45) is 11.7 Å². The number of fused-ring (bicyclic) bond motifs is 5. The third kappa shape index (κ3) is 8.20. The zero-order chi connectivity index (χ0) is 48.4. The van der Waals surface area contributed by atoms with Crippen molar-refractivity contribution in [3.05, 3.63) is 97.8 Å². The molecule has 2 aliphatic carbocycles. The lowest BCUT2D eigenvalue weighted by Crippen LogP contribution is -2.45. The van der Waals surface area contributed by atoms with Crippen LogP contribution in [0.1, 0.15) is 66.5 Å². The first kappa shape index (κ1) is 46.2. The molecule has 3 N–H and O–H groups in total. The number of sulfonamides is 1. The number of anilines is 2. The molecule has 1 aliphatic heterocycles. The molecule has 356 valence electrons. The van der Waals surface area contributed by atoms with Gasteiger partial charge in [0.25, 0.3) is 17.9 Å². The fourth-order valence-corrected chi connectivity index (χ4v) is 10.2. The van der Waals surface area contributed by atoms with Crippen LogP contribution in [0.5, 0.6) is 0 Å². The number of halogens is 10. The zero-order valence-electron chi connectivity index (χ0n) is 35.0. The van der Waals surface area contributed by atoms with Gasteiger partial charge in [-0.05, 0) is 74.6 Å². The zero-order valence-corrected chi connectivity index (χ0v) is 36.6. The predicted octanol–water partition coefficient (Wildman–Crippen LogP) is 6.79. The fourth-order valence-electron chi connectivity index (χ4n) is 9.50. The monoisotopic (exact) mass is 986 g/mol. The molecule has 26 heteroatoms. The van der Waals surface area contributed by atoms with Crippen molar-refractivity contribution < 1.29 is 57.5 Å². The summed E-state index contributed by atoms with van der Waals surface area (Å²) in [5, 5.41) is 6.68. The van der Waals surface area contributed by atoms with Gasteiger partial charge in [0, 0.05) is 30.6 Å². The van der Waals surface area contributed by atoms with Crippen molar-refractivity contribution in [1.29, 1.82) is 0 Å². The molecular formula is C41H36ClF9N10O5S. The highest BCUT2D eigenvalue weighted by Crippen LogP contribution is 2.69. The average Bonchev–Trinajstić information content (AvgIpc) is 3.71. The van der Waals surface area contributed by atoms with Gasteiger partial charge < -0.3 is 15.4 Å². The molecule has 2 fully saturated rings. The minimum atomic E-state index is -5.35. The Labute approximate surface area is 377 Å². The molecule has 0 spiro atoms. The van der Waals surface area contributed by atoms with Crippen LogP contribution in [0.25, 0.3) is 27.6 Å². The van der Waals surface area contributed by atoms with Gasteiger partial charge in [0.1, 0.15) is 41.6 Å². The van der Waals surface area contributed by atoms with E-state index in [1.165, 1.54) is 12.1 Å². The van der Waals surface area contributed by atoms with Crippen molar-refractivity contribution in [3.8, 4) is 5.69 Å². The largest absolute Gasteiger partial charge is 0.435 e. The van der Waals surface area contributed by atoms with Gasteiger partial charge in [-0.2, -0.15) is 32.1 Å². The maximum absolute atomic E-state index is 16.3. The van der Waals surface area contributed by atoms with Gasteiger partial charge in [0.05, 0.1) is 51.4 Å². The summed E-state index contributed by atoms with van der Waals surface area (Å²) in [5.74, 6) is -14.1. The molecule has 0 bridgehead atoms. The molecule has 5 heterocycles. The molecule has 1 saturated carbocycles. The Balaban J connectivity index is 1.40. The van der Waals surface area contributed by atoms with Gasteiger partial charge in [-0.3, -0.25) is 23.6 Å². The van der Waals surface area contributed by atoms with Crippen LogP contribution in [0.15, 0.2) is 47.3 Å². The van der Waals surface area contributed by atoms with E-state index in [1.54, 1.807) is 18.7 Å². The van der Waals surface area contributed by atoms with E-state index in [2.05, 4.69) is 19.9 Å². The van der Waals surface area contributed by atoms with E-state index < -0.39 is 134 Å². The molecule has 6 atom stereocenters. The molecular weight excluding hydrogens is 951 g/mol. The molecule has 15 nitrogen and oxygen atoms in total. The Bertz CT molecular complexity index is 3170. The summed E-state index contributed by atoms with van der Waals surface area (Å²) in [5.41, 5.74) is -0.677. The number of benzene rings is 2. The quantitative estimate of drug-likeness (QED) is 0.124. The molecule has 1 unspecified atom stereocenters. The Morgan fingerprint density at radius 2 is 1.70 bits per heavy atom. The number of aromatic nitrogens is 7. The van der Waals surface area contributed by atoms with Crippen LogP contribution < -0.4 is 20.9 Å². The van der Waals surface area contributed by atoms with Crippen molar-refractivity contribution in [2.75, 3.05) is 29.0 Å². The van der Waals surface area contributed by atoms with Gasteiger partial charge in [0.2, 0.25) is 15.9 Å². The van der Waals surface area contributed by atoms with E-state index in [1.807, 2.05) is 0 Å². The average molecular weight is 987 g/mol. The highest BCUT2D eigenvalue weighted by molar-refractivity contribution is 7.92. The van der Waals surface area contributed by atoms with E-state index >= 15 is 22.4 Å². The number of hydrogen-bond donors (Lipinski definition) is 2. The number of pyridine rings is 1. The second kappa shape index (κ2) is 16.1. The van der Waals surface area contributed by atoms with Crippen LogP contribution in [0.4, 0.5) is 51.1 Å². The summed E-state index contributed by atoms with van der Waals surface area (Å²) in [7, 11) is -4.21. The third-order valence-corrected chi connectivity index (χ3v) is 12.8. The maximum atomic E-state index is 16.3. The Morgan fingerprint density at radius 3 is 2.31 bits per heavy atom.